The minimum absolute atomic E-state index is 0.0940. The molecule has 0 amide bonds. The minimum Gasteiger partial charge on any atom is -0.465 e. The molecule has 0 saturated carbocycles. The Balaban J connectivity index is 1.71. The molecule has 0 spiro atoms. The number of carbonyl (C=O) groups is 2. The van der Waals surface area contributed by atoms with Crippen molar-refractivity contribution >= 4 is 11.9 Å². The van der Waals surface area contributed by atoms with Crippen LogP contribution in [-0.2, 0) is 28.5 Å². The summed E-state index contributed by atoms with van der Waals surface area (Å²) in [4.78, 5) is 23.8. The lowest BCUT2D eigenvalue weighted by molar-refractivity contribution is -0.163. The van der Waals surface area contributed by atoms with E-state index in [9.17, 15) is 19.8 Å². The molecule has 2 heterocycles. The number of esters is 2. The maximum Gasteiger partial charge on any atom is 0.311 e. The zero-order chi connectivity index (χ0) is 31.0. The molecule has 42 heavy (non-hydrogen) atoms. The van der Waals surface area contributed by atoms with Crippen molar-refractivity contribution in [1.82, 2.24) is 0 Å². The van der Waals surface area contributed by atoms with Gasteiger partial charge in [-0.2, -0.15) is 0 Å². The summed E-state index contributed by atoms with van der Waals surface area (Å²) in [6.45, 7) is 9.61. The molecule has 2 aliphatic heterocycles. The van der Waals surface area contributed by atoms with Crippen molar-refractivity contribution in [1.29, 1.82) is 0 Å². The van der Waals surface area contributed by atoms with E-state index in [0.29, 0.717) is 32.3 Å². The Bertz CT molecular complexity index is 750. The summed E-state index contributed by atoms with van der Waals surface area (Å²) in [6, 6.07) is 0. The maximum absolute atomic E-state index is 11.9. The molecule has 7 atom stereocenters. The van der Waals surface area contributed by atoms with E-state index in [1.807, 2.05) is 20.8 Å². The van der Waals surface area contributed by atoms with E-state index < -0.39 is 23.7 Å². The van der Waals surface area contributed by atoms with Crippen LogP contribution in [0.25, 0.3) is 0 Å². The van der Waals surface area contributed by atoms with Crippen molar-refractivity contribution in [2.24, 2.45) is 5.41 Å². The average Bonchev–Trinajstić information content (AvgIpc) is 3.41. The number of ether oxygens (including phenoxy) is 4. The van der Waals surface area contributed by atoms with E-state index in [1.165, 1.54) is 45.4 Å². The number of carbonyl (C=O) groups excluding carboxylic acids is 2. The molecule has 0 aromatic rings. The van der Waals surface area contributed by atoms with Gasteiger partial charge in [-0.25, -0.2) is 0 Å². The Hall–Kier alpha value is -1.22. The number of unbranched alkanes of at least 4 members (excludes halogenated alkanes) is 8. The van der Waals surface area contributed by atoms with Gasteiger partial charge in [0.05, 0.1) is 48.6 Å². The fourth-order valence-electron chi connectivity index (χ4n) is 6.06. The first kappa shape index (κ1) is 37.0. The van der Waals surface area contributed by atoms with Gasteiger partial charge in [-0.05, 0) is 85.0 Å². The highest BCUT2D eigenvalue weighted by Crippen LogP contribution is 2.31. The molecule has 0 aromatic heterocycles. The highest BCUT2D eigenvalue weighted by Gasteiger charge is 2.36. The molecular formula is C34H62O8. The summed E-state index contributed by atoms with van der Waals surface area (Å²) in [7, 11) is 0. The Kier molecular flexibility index (Phi) is 17.5. The zero-order valence-corrected chi connectivity index (χ0v) is 27.3. The second-order valence-corrected chi connectivity index (χ2v) is 13.7. The lowest BCUT2D eigenvalue weighted by Gasteiger charge is -2.36. The Labute approximate surface area is 255 Å². The molecule has 0 unspecified atom stereocenters. The first-order valence-corrected chi connectivity index (χ1v) is 17.0. The quantitative estimate of drug-likeness (QED) is 0.116. The van der Waals surface area contributed by atoms with Crippen LogP contribution < -0.4 is 0 Å². The average molecular weight is 599 g/mol. The third kappa shape index (κ3) is 14.5. The topological polar surface area (TPSA) is 112 Å². The highest BCUT2D eigenvalue weighted by molar-refractivity contribution is 5.75. The predicted molar refractivity (Wildman–Crippen MR) is 164 cm³/mol. The van der Waals surface area contributed by atoms with Gasteiger partial charge in [0, 0.05) is 6.92 Å². The predicted octanol–water partition coefficient (Wildman–Crippen LogP) is 6.81. The first-order chi connectivity index (χ1) is 20.0. The van der Waals surface area contributed by atoms with E-state index in [2.05, 4.69) is 6.92 Å². The Morgan fingerprint density at radius 1 is 0.833 bits per heavy atom. The molecule has 246 valence electrons. The lowest BCUT2D eigenvalue weighted by Crippen LogP contribution is -2.44. The van der Waals surface area contributed by atoms with E-state index in [1.54, 1.807) is 0 Å². The molecule has 2 fully saturated rings. The second kappa shape index (κ2) is 19.9. The van der Waals surface area contributed by atoms with E-state index in [0.717, 1.165) is 51.4 Å². The van der Waals surface area contributed by atoms with Crippen LogP contribution in [0.2, 0.25) is 0 Å². The third-order valence-corrected chi connectivity index (χ3v) is 8.68. The summed E-state index contributed by atoms with van der Waals surface area (Å²) >= 11 is 0. The van der Waals surface area contributed by atoms with Gasteiger partial charge < -0.3 is 29.2 Å². The highest BCUT2D eigenvalue weighted by atomic mass is 16.6. The van der Waals surface area contributed by atoms with Gasteiger partial charge in [0.1, 0.15) is 6.10 Å². The molecular weight excluding hydrogens is 536 g/mol. The molecule has 2 saturated heterocycles. The minimum atomic E-state index is -0.676. The van der Waals surface area contributed by atoms with E-state index in [4.69, 9.17) is 18.9 Å². The van der Waals surface area contributed by atoms with Crippen LogP contribution >= 0.6 is 0 Å². The van der Waals surface area contributed by atoms with Crippen LogP contribution in [-0.4, -0.2) is 71.5 Å². The van der Waals surface area contributed by atoms with Crippen LogP contribution in [0.1, 0.15) is 150 Å². The van der Waals surface area contributed by atoms with Crippen LogP contribution in [0, 0.1) is 5.41 Å². The number of hydrogen-bond acceptors (Lipinski definition) is 8. The fourth-order valence-corrected chi connectivity index (χ4v) is 6.06. The molecule has 0 aliphatic carbocycles. The molecule has 0 radical (unpaired) electrons. The third-order valence-electron chi connectivity index (χ3n) is 8.68. The normalized spacial score (nSPS) is 26.1. The number of rotatable bonds is 20. The Morgan fingerprint density at radius 3 is 2.14 bits per heavy atom. The molecule has 2 aliphatic rings. The van der Waals surface area contributed by atoms with Gasteiger partial charge in [-0.1, -0.05) is 58.3 Å². The smallest absolute Gasteiger partial charge is 0.311 e. The van der Waals surface area contributed by atoms with Crippen molar-refractivity contribution < 1.29 is 38.7 Å². The van der Waals surface area contributed by atoms with Crippen LogP contribution in [0.4, 0.5) is 0 Å². The molecule has 8 heteroatoms. The number of aliphatic hydroxyl groups is 2. The lowest BCUT2D eigenvalue weighted by atomic mass is 9.92. The molecule has 0 aromatic carbocycles. The SMILES string of the molecule is CCCCCCCCCC[C@@H]1O[C@H]([C@@H](O)CC[C@H](OC(C)=O)[C@@H]2CC[C@@H](CCCCOC(=O)C(C)(C)C)O2)CC[C@H]1O. The Morgan fingerprint density at radius 2 is 1.48 bits per heavy atom. The molecule has 2 N–H and O–H groups in total. The van der Waals surface area contributed by atoms with Gasteiger partial charge in [0.15, 0.2) is 0 Å². The van der Waals surface area contributed by atoms with Crippen molar-refractivity contribution in [3.05, 3.63) is 0 Å². The van der Waals surface area contributed by atoms with Gasteiger partial charge >= 0.3 is 11.9 Å². The van der Waals surface area contributed by atoms with Crippen molar-refractivity contribution in [2.75, 3.05) is 6.61 Å². The summed E-state index contributed by atoms with van der Waals surface area (Å²) in [6.07, 6.45) is 15.1. The van der Waals surface area contributed by atoms with Gasteiger partial charge in [0.2, 0.25) is 0 Å². The van der Waals surface area contributed by atoms with Crippen LogP contribution in [0.3, 0.4) is 0 Å². The molecule has 8 nitrogen and oxygen atoms in total. The van der Waals surface area contributed by atoms with Crippen LogP contribution in [0.15, 0.2) is 0 Å². The summed E-state index contributed by atoms with van der Waals surface area (Å²) < 4.78 is 23.5. The largest absolute Gasteiger partial charge is 0.465 e. The van der Waals surface area contributed by atoms with Gasteiger partial charge in [0.25, 0.3) is 0 Å². The van der Waals surface area contributed by atoms with E-state index in [-0.39, 0.29) is 36.4 Å². The van der Waals surface area contributed by atoms with Gasteiger partial charge in [-0.15, -0.1) is 0 Å². The van der Waals surface area contributed by atoms with E-state index >= 15 is 0 Å². The summed E-state index contributed by atoms with van der Waals surface area (Å²) in [5.41, 5.74) is -0.486. The van der Waals surface area contributed by atoms with Crippen molar-refractivity contribution in [2.45, 2.75) is 193 Å². The standard InChI is InChI=1S/C34H62O8/c1-6-7-8-9-10-11-12-13-17-29-27(36)19-22-30(42-29)28(37)20-23-31(40-25(2)35)32-21-18-26(41-32)16-14-15-24-39-33(38)34(3,4)5/h26-32,36-37H,6-24H2,1-5H3/t26-,27-,28+,29+,30+,31+,32+/m1/s1. The van der Waals surface area contributed by atoms with Gasteiger partial charge in [-0.3, -0.25) is 9.59 Å². The first-order valence-electron chi connectivity index (χ1n) is 17.0. The van der Waals surface area contributed by atoms with Crippen molar-refractivity contribution in [3.8, 4) is 0 Å². The second-order valence-electron chi connectivity index (χ2n) is 13.7. The number of hydrogen-bond donors (Lipinski definition) is 2. The summed E-state index contributed by atoms with van der Waals surface area (Å²) in [5.74, 6) is -0.524. The summed E-state index contributed by atoms with van der Waals surface area (Å²) in [5, 5.41) is 21.5. The van der Waals surface area contributed by atoms with Crippen LogP contribution in [0.5, 0.6) is 0 Å². The maximum atomic E-state index is 11.9. The molecule has 2 rings (SSSR count). The van der Waals surface area contributed by atoms with Crippen molar-refractivity contribution in [3.63, 3.8) is 0 Å². The number of aliphatic hydroxyl groups excluding tert-OH is 2. The fraction of sp³-hybridized carbons (Fsp3) is 0.941. The molecule has 0 bridgehead atoms. The monoisotopic (exact) mass is 598 g/mol. The zero-order valence-electron chi connectivity index (χ0n) is 27.3.